The fraction of sp³-hybridized carbons (Fsp3) is 0.500. The van der Waals surface area contributed by atoms with Gasteiger partial charge in [-0.3, -0.25) is 0 Å². The molecule has 0 saturated carbocycles. The number of carbonyl (C=O) groups is 1. The number of nitrogens with one attached hydrogen (secondary N) is 2. The number of esters is 1. The van der Waals surface area contributed by atoms with Crippen LogP contribution >= 0.6 is 12.4 Å². The molecule has 23 heavy (non-hydrogen) atoms. The van der Waals surface area contributed by atoms with E-state index in [1.54, 1.807) is 6.92 Å². The smallest absolute Gasteiger partial charge is 0.338 e. The predicted molar refractivity (Wildman–Crippen MR) is 85.8 cm³/mol. The van der Waals surface area contributed by atoms with E-state index >= 15 is 0 Å². The number of halogens is 2. The van der Waals surface area contributed by atoms with Crippen LogP contribution in [-0.2, 0) is 14.8 Å². The first-order valence-corrected chi connectivity index (χ1v) is 8.61. The summed E-state index contributed by atoms with van der Waals surface area (Å²) in [6, 6.07) is 3.03. The van der Waals surface area contributed by atoms with Crippen LogP contribution in [0.15, 0.2) is 23.1 Å². The van der Waals surface area contributed by atoms with Gasteiger partial charge in [-0.15, -0.1) is 12.4 Å². The van der Waals surface area contributed by atoms with Gasteiger partial charge in [0.05, 0.1) is 17.1 Å². The Balaban J connectivity index is 0.00000264. The minimum absolute atomic E-state index is 0. The van der Waals surface area contributed by atoms with Crippen LogP contribution < -0.4 is 10.0 Å². The highest BCUT2D eigenvalue weighted by Gasteiger charge is 2.21. The van der Waals surface area contributed by atoms with E-state index in [0.29, 0.717) is 0 Å². The number of benzene rings is 1. The minimum atomic E-state index is -3.88. The maximum absolute atomic E-state index is 13.6. The molecule has 1 aliphatic heterocycles. The lowest BCUT2D eigenvalue weighted by Gasteiger charge is -2.12. The summed E-state index contributed by atoms with van der Waals surface area (Å²) >= 11 is 0. The minimum Gasteiger partial charge on any atom is -0.462 e. The molecular weight excluding hydrogens is 347 g/mol. The van der Waals surface area contributed by atoms with Gasteiger partial charge < -0.3 is 10.1 Å². The number of hydrogen-bond acceptors (Lipinski definition) is 5. The van der Waals surface area contributed by atoms with Crippen molar-refractivity contribution < 1.29 is 22.3 Å². The van der Waals surface area contributed by atoms with Crippen LogP contribution in [0.1, 0.15) is 30.1 Å². The van der Waals surface area contributed by atoms with E-state index in [4.69, 9.17) is 4.74 Å². The lowest BCUT2D eigenvalue weighted by Crippen LogP contribution is -2.37. The summed E-state index contributed by atoms with van der Waals surface area (Å²) < 4.78 is 45.2. The number of hydrogen-bond donors (Lipinski definition) is 2. The van der Waals surface area contributed by atoms with Crippen molar-refractivity contribution in [3.63, 3.8) is 0 Å². The van der Waals surface area contributed by atoms with E-state index in [2.05, 4.69) is 10.0 Å². The summed E-state index contributed by atoms with van der Waals surface area (Å²) in [5, 5.41) is 3.16. The average molecular weight is 367 g/mol. The zero-order valence-electron chi connectivity index (χ0n) is 12.7. The van der Waals surface area contributed by atoms with Gasteiger partial charge in [-0.05, 0) is 44.5 Å². The Bertz CT molecular complexity index is 648. The molecule has 0 aromatic heterocycles. The number of rotatable bonds is 6. The van der Waals surface area contributed by atoms with Crippen molar-refractivity contribution in [2.45, 2.75) is 30.7 Å². The summed E-state index contributed by atoms with van der Waals surface area (Å²) in [6.07, 6.45) is 1.89. The van der Waals surface area contributed by atoms with Crippen LogP contribution in [0.2, 0.25) is 0 Å². The van der Waals surface area contributed by atoms with Crippen molar-refractivity contribution in [2.75, 3.05) is 19.7 Å². The highest BCUT2D eigenvalue weighted by atomic mass is 35.5. The highest BCUT2D eigenvalue weighted by molar-refractivity contribution is 7.89. The number of sulfonamides is 1. The van der Waals surface area contributed by atoms with Crippen LogP contribution in [0.5, 0.6) is 0 Å². The van der Waals surface area contributed by atoms with E-state index < -0.39 is 21.8 Å². The molecule has 1 unspecified atom stereocenters. The molecule has 1 heterocycles. The van der Waals surface area contributed by atoms with Crippen LogP contribution in [0.4, 0.5) is 4.39 Å². The topological polar surface area (TPSA) is 84.5 Å². The van der Waals surface area contributed by atoms with Gasteiger partial charge in [0.15, 0.2) is 0 Å². The van der Waals surface area contributed by atoms with E-state index in [-0.39, 0.29) is 42.1 Å². The van der Waals surface area contributed by atoms with Gasteiger partial charge in [0, 0.05) is 12.6 Å². The fourth-order valence-corrected chi connectivity index (χ4v) is 3.41. The zero-order chi connectivity index (χ0) is 16.2. The normalized spacial score (nSPS) is 17.6. The SMILES string of the molecule is CCOC(=O)c1cc(F)cc(S(=O)(=O)NCC2CCCN2)c1.Cl. The average Bonchev–Trinajstić information content (AvgIpc) is 2.98. The Morgan fingerprint density at radius 2 is 2.17 bits per heavy atom. The largest absolute Gasteiger partial charge is 0.462 e. The van der Waals surface area contributed by atoms with Gasteiger partial charge in [0.2, 0.25) is 10.0 Å². The summed E-state index contributed by atoms with van der Waals surface area (Å²) in [6.45, 7) is 2.83. The first kappa shape index (κ1) is 19.8. The molecule has 1 aromatic rings. The van der Waals surface area contributed by atoms with Gasteiger partial charge in [-0.25, -0.2) is 22.3 Å². The van der Waals surface area contributed by atoms with Crippen LogP contribution in [0, 0.1) is 5.82 Å². The van der Waals surface area contributed by atoms with Crippen molar-refractivity contribution in [1.29, 1.82) is 0 Å². The lowest BCUT2D eigenvalue weighted by molar-refractivity contribution is 0.0525. The molecule has 1 saturated heterocycles. The zero-order valence-corrected chi connectivity index (χ0v) is 14.3. The van der Waals surface area contributed by atoms with Gasteiger partial charge in [-0.1, -0.05) is 0 Å². The molecule has 0 aliphatic carbocycles. The molecule has 1 aliphatic rings. The summed E-state index contributed by atoms with van der Waals surface area (Å²) in [7, 11) is -3.88. The molecule has 0 spiro atoms. The second kappa shape index (κ2) is 8.58. The molecule has 6 nitrogen and oxygen atoms in total. The molecule has 130 valence electrons. The van der Waals surface area contributed by atoms with Gasteiger partial charge in [0.1, 0.15) is 5.82 Å². The van der Waals surface area contributed by atoms with Crippen molar-refractivity contribution >= 4 is 28.4 Å². The predicted octanol–water partition coefficient (Wildman–Crippen LogP) is 1.45. The molecule has 0 amide bonds. The molecule has 2 rings (SSSR count). The standard InChI is InChI=1S/C14H19FN2O4S.ClH/c1-2-21-14(18)10-6-11(15)8-13(7-10)22(19,20)17-9-12-4-3-5-16-12;/h6-8,12,16-17H,2-5,9H2,1H3;1H. The van der Waals surface area contributed by atoms with Crippen molar-refractivity contribution in [3.8, 4) is 0 Å². The Morgan fingerprint density at radius 3 is 2.78 bits per heavy atom. The quantitative estimate of drug-likeness (QED) is 0.744. The first-order valence-electron chi connectivity index (χ1n) is 7.13. The molecule has 0 radical (unpaired) electrons. The summed E-state index contributed by atoms with van der Waals surface area (Å²) in [4.78, 5) is 11.3. The Hall–Kier alpha value is -1.22. The van der Waals surface area contributed by atoms with Gasteiger partial charge in [0.25, 0.3) is 0 Å². The third-order valence-corrected chi connectivity index (χ3v) is 4.78. The van der Waals surface area contributed by atoms with Crippen molar-refractivity contribution in [3.05, 3.63) is 29.6 Å². The second-order valence-electron chi connectivity index (χ2n) is 5.04. The molecule has 1 fully saturated rings. The van der Waals surface area contributed by atoms with Gasteiger partial charge >= 0.3 is 5.97 Å². The lowest BCUT2D eigenvalue weighted by atomic mass is 10.2. The number of carbonyl (C=O) groups excluding carboxylic acids is 1. The molecule has 0 bridgehead atoms. The van der Waals surface area contributed by atoms with Crippen molar-refractivity contribution in [1.82, 2.24) is 10.0 Å². The third kappa shape index (κ3) is 5.42. The van der Waals surface area contributed by atoms with Crippen LogP contribution in [0.25, 0.3) is 0 Å². The maximum Gasteiger partial charge on any atom is 0.338 e. The van der Waals surface area contributed by atoms with E-state index in [9.17, 15) is 17.6 Å². The van der Waals surface area contributed by atoms with E-state index in [0.717, 1.165) is 37.6 Å². The Labute approximate surface area is 141 Å². The van der Waals surface area contributed by atoms with E-state index in [1.165, 1.54) is 0 Å². The Kier molecular flexibility index (Phi) is 7.40. The van der Waals surface area contributed by atoms with Crippen LogP contribution in [0.3, 0.4) is 0 Å². The molecular formula is C14H20ClFN2O4S. The second-order valence-corrected chi connectivity index (χ2v) is 6.81. The summed E-state index contributed by atoms with van der Waals surface area (Å²) in [5.74, 6) is -1.55. The van der Waals surface area contributed by atoms with Gasteiger partial charge in [-0.2, -0.15) is 0 Å². The molecule has 2 N–H and O–H groups in total. The fourth-order valence-electron chi connectivity index (χ4n) is 2.27. The molecule has 9 heteroatoms. The highest BCUT2D eigenvalue weighted by Crippen LogP contribution is 2.16. The molecule has 1 atom stereocenters. The monoisotopic (exact) mass is 366 g/mol. The van der Waals surface area contributed by atoms with E-state index in [1.807, 2.05) is 0 Å². The molecule has 1 aromatic carbocycles. The third-order valence-electron chi connectivity index (χ3n) is 3.37. The number of ether oxygens (including phenoxy) is 1. The van der Waals surface area contributed by atoms with Crippen molar-refractivity contribution in [2.24, 2.45) is 0 Å². The Morgan fingerprint density at radius 1 is 1.43 bits per heavy atom. The summed E-state index contributed by atoms with van der Waals surface area (Å²) in [5.41, 5.74) is -0.124. The van der Waals surface area contributed by atoms with Crippen LogP contribution in [-0.4, -0.2) is 40.1 Å². The first-order chi connectivity index (χ1) is 10.4. The maximum atomic E-state index is 13.6.